The van der Waals surface area contributed by atoms with Gasteiger partial charge in [0.25, 0.3) is 11.8 Å². The van der Waals surface area contributed by atoms with Crippen molar-refractivity contribution < 1.29 is 33.0 Å². The molecule has 0 atom stereocenters. The fourth-order valence-electron chi connectivity index (χ4n) is 4.11. The molecule has 1 saturated carbocycles. The molecule has 1 N–H and O–H groups in total. The molecule has 1 aliphatic carbocycles. The Morgan fingerprint density at radius 3 is 2.31 bits per heavy atom. The zero-order valence-electron chi connectivity index (χ0n) is 20.1. The van der Waals surface area contributed by atoms with Crippen molar-refractivity contribution in [3.63, 3.8) is 0 Å². The van der Waals surface area contributed by atoms with Crippen LogP contribution in [-0.4, -0.2) is 56.1 Å². The van der Waals surface area contributed by atoms with Gasteiger partial charge in [-0.15, -0.1) is 0 Å². The molecule has 0 aromatic heterocycles. The van der Waals surface area contributed by atoms with Crippen molar-refractivity contribution in [2.75, 3.05) is 27.4 Å². The number of nitrogens with zero attached hydrogens (tertiary/aromatic N) is 1. The van der Waals surface area contributed by atoms with Crippen molar-refractivity contribution in [3.8, 4) is 11.5 Å². The maximum atomic E-state index is 13.3. The number of carbonyl (C=O) groups is 3. The monoisotopic (exact) mass is 486 g/mol. The average Bonchev–Trinajstić information content (AvgIpc) is 2.90. The van der Waals surface area contributed by atoms with Gasteiger partial charge in [0.15, 0.2) is 18.1 Å². The Bertz CT molecular complexity index is 1020. The Morgan fingerprint density at radius 1 is 0.971 bits per heavy atom. The van der Waals surface area contributed by atoms with Crippen LogP contribution in [0.5, 0.6) is 11.5 Å². The molecule has 2 aromatic rings. The molecule has 2 amide bonds. The first-order valence-electron chi connectivity index (χ1n) is 11.6. The molecular weight excluding hydrogens is 455 g/mol. The molecule has 0 radical (unpaired) electrons. The number of methoxy groups -OCH3 is 2. The van der Waals surface area contributed by atoms with Gasteiger partial charge in [0.05, 0.1) is 14.2 Å². The smallest absolute Gasteiger partial charge is 0.325 e. The van der Waals surface area contributed by atoms with Crippen molar-refractivity contribution in [1.29, 1.82) is 0 Å². The van der Waals surface area contributed by atoms with Gasteiger partial charge in [-0.1, -0.05) is 31.4 Å². The van der Waals surface area contributed by atoms with E-state index in [0.717, 1.165) is 37.7 Å². The standard InChI is InChI=1S/C26H31FN2O6/c1-33-22-13-10-19(14-23(22)34-2)26(32)28-15-25(31)35-17-24(30)29(21-6-4-3-5-7-21)16-18-8-11-20(27)12-9-18/h8-14,21H,3-7,15-17H2,1-2H3,(H,28,32). The maximum absolute atomic E-state index is 13.3. The zero-order valence-corrected chi connectivity index (χ0v) is 20.1. The van der Waals surface area contributed by atoms with Gasteiger partial charge in [0.1, 0.15) is 12.4 Å². The average molecular weight is 487 g/mol. The molecule has 8 nitrogen and oxygen atoms in total. The van der Waals surface area contributed by atoms with Gasteiger partial charge in [-0.2, -0.15) is 0 Å². The third-order valence-corrected chi connectivity index (χ3v) is 6.00. The molecule has 2 aromatic carbocycles. The lowest BCUT2D eigenvalue weighted by atomic mass is 9.93. The second kappa shape index (κ2) is 12.7. The van der Waals surface area contributed by atoms with E-state index in [-0.39, 0.29) is 29.9 Å². The lowest BCUT2D eigenvalue weighted by Crippen LogP contribution is -2.43. The summed E-state index contributed by atoms with van der Waals surface area (Å²) < 4.78 is 28.8. The number of ether oxygens (including phenoxy) is 3. The molecule has 0 unspecified atom stereocenters. The van der Waals surface area contributed by atoms with E-state index in [0.29, 0.717) is 18.0 Å². The molecule has 3 rings (SSSR count). The fraction of sp³-hybridized carbons (Fsp3) is 0.423. The quantitative estimate of drug-likeness (QED) is 0.517. The molecule has 1 fully saturated rings. The second-order valence-corrected chi connectivity index (χ2v) is 8.35. The first-order chi connectivity index (χ1) is 16.9. The summed E-state index contributed by atoms with van der Waals surface area (Å²) in [5.41, 5.74) is 1.09. The SMILES string of the molecule is COc1ccc(C(=O)NCC(=O)OCC(=O)N(Cc2ccc(F)cc2)C2CCCCC2)cc1OC. The summed E-state index contributed by atoms with van der Waals surface area (Å²) in [6, 6.07) is 10.7. The maximum Gasteiger partial charge on any atom is 0.325 e. The van der Waals surface area contributed by atoms with Crippen LogP contribution in [0, 0.1) is 5.82 Å². The molecule has 0 aliphatic heterocycles. The van der Waals surface area contributed by atoms with Crippen molar-refractivity contribution >= 4 is 17.8 Å². The molecular formula is C26H31FN2O6. The third kappa shape index (κ3) is 7.43. The van der Waals surface area contributed by atoms with E-state index in [1.54, 1.807) is 29.2 Å². The summed E-state index contributed by atoms with van der Waals surface area (Å²) in [6.07, 6.45) is 4.94. The number of halogens is 1. The van der Waals surface area contributed by atoms with Crippen LogP contribution in [0.2, 0.25) is 0 Å². The largest absolute Gasteiger partial charge is 0.493 e. The molecule has 0 saturated heterocycles. The number of nitrogens with one attached hydrogen (secondary N) is 1. The summed E-state index contributed by atoms with van der Waals surface area (Å²) in [5.74, 6) is -1.01. The van der Waals surface area contributed by atoms with Crippen LogP contribution >= 0.6 is 0 Å². The summed E-state index contributed by atoms with van der Waals surface area (Å²) in [5, 5.41) is 2.48. The summed E-state index contributed by atoms with van der Waals surface area (Å²) in [7, 11) is 2.95. The molecule has 188 valence electrons. The van der Waals surface area contributed by atoms with Gasteiger partial charge in [-0.25, -0.2) is 4.39 Å². The Labute approximate surface area is 204 Å². The van der Waals surface area contributed by atoms with Crippen LogP contribution in [0.4, 0.5) is 4.39 Å². The topological polar surface area (TPSA) is 94.2 Å². The van der Waals surface area contributed by atoms with E-state index in [4.69, 9.17) is 14.2 Å². The van der Waals surface area contributed by atoms with Crippen LogP contribution in [0.25, 0.3) is 0 Å². The highest BCUT2D eigenvalue weighted by atomic mass is 19.1. The van der Waals surface area contributed by atoms with Crippen molar-refractivity contribution in [3.05, 3.63) is 59.4 Å². The minimum atomic E-state index is -0.724. The molecule has 0 heterocycles. The Morgan fingerprint density at radius 2 is 1.66 bits per heavy atom. The minimum Gasteiger partial charge on any atom is -0.493 e. The predicted octanol–water partition coefficient (Wildman–Crippen LogP) is 3.48. The summed E-state index contributed by atoms with van der Waals surface area (Å²) in [6.45, 7) is -0.498. The molecule has 0 bridgehead atoms. The Hall–Kier alpha value is -3.62. The molecule has 9 heteroatoms. The van der Waals surface area contributed by atoms with Crippen LogP contribution < -0.4 is 14.8 Å². The second-order valence-electron chi connectivity index (χ2n) is 8.35. The van der Waals surface area contributed by atoms with Gasteiger partial charge in [-0.3, -0.25) is 14.4 Å². The number of hydrogen-bond acceptors (Lipinski definition) is 6. The van der Waals surface area contributed by atoms with Crippen LogP contribution in [-0.2, 0) is 20.9 Å². The van der Waals surface area contributed by atoms with E-state index in [9.17, 15) is 18.8 Å². The van der Waals surface area contributed by atoms with Crippen LogP contribution in [0.15, 0.2) is 42.5 Å². The van der Waals surface area contributed by atoms with Crippen LogP contribution in [0.3, 0.4) is 0 Å². The highest BCUT2D eigenvalue weighted by Gasteiger charge is 2.26. The fourth-order valence-corrected chi connectivity index (χ4v) is 4.11. The lowest BCUT2D eigenvalue weighted by molar-refractivity contribution is -0.152. The van der Waals surface area contributed by atoms with Gasteiger partial charge in [0, 0.05) is 18.2 Å². The normalized spacial score (nSPS) is 13.6. The van der Waals surface area contributed by atoms with E-state index in [1.165, 1.54) is 32.4 Å². The van der Waals surface area contributed by atoms with E-state index < -0.39 is 18.5 Å². The van der Waals surface area contributed by atoms with Crippen molar-refractivity contribution in [2.45, 2.75) is 44.7 Å². The highest BCUT2D eigenvalue weighted by molar-refractivity contribution is 5.96. The molecule has 35 heavy (non-hydrogen) atoms. The number of amides is 2. The molecule has 1 aliphatic rings. The van der Waals surface area contributed by atoms with E-state index >= 15 is 0 Å². The number of rotatable bonds is 10. The zero-order chi connectivity index (χ0) is 25.2. The van der Waals surface area contributed by atoms with E-state index in [1.807, 2.05) is 0 Å². The number of carbonyl (C=O) groups excluding carboxylic acids is 3. The van der Waals surface area contributed by atoms with Crippen molar-refractivity contribution in [2.24, 2.45) is 0 Å². The van der Waals surface area contributed by atoms with Crippen LogP contribution in [0.1, 0.15) is 48.0 Å². The van der Waals surface area contributed by atoms with Crippen molar-refractivity contribution in [1.82, 2.24) is 10.2 Å². The summed E-state index contributed by atoms with van der Waals surface area (Å²) >= 11 is 0. The highest BCUT2D eigenvalue weighted by Crippen LogP contribution is 2.27. The number of benzene rings is 2. The number of esters is 1. The van der Waals surface area contributed by atoms with Gasteiger partial charge < -0.3 is 24.4 Å². The van der Waals surface area contributed by atoms with Gasteiger partial charge in [-0.05, 0) is 48.7 Å². The first-order valence-corrected chi connectivity index (χ1v) is 11.6. The minimum absolute atomic E-state index is 0.0461. The first kappa shape index (κ1) is 26.0. The molecule has 0 spiro atoms. The Balaban J connectivity index is 1.54. The van der Waals surface area contributed by atoms with Gasteiger partial charge in [0.2, 0.25) is 0 Å². The summed E-state index contributed by atoms with van der Waals surface area (Å²) in [4.78, 5) is 39.3. The third-order valence-electron chi connectivity index (χ3n) is 6.00. The van der Waals surface area contributed by atoms with Gasteiger partial charge >= 0.3 is 5.97 Å². The predicted molar refractivity (Wildman–Crippen MR) is 127 cm³/mol. The van der Waals surface area contributed by atoms with E-state index in [2.05, 4.69) is 5.32 Å². The Kier molecular flexibility index (Phi) is 9.46. The lowest BCUT2D eigenvalue weighted by Gasteiger charge is -2.34. The number of hydrogen-bond donors (Lipinski definition) is 1.